The predicted octanol–water partition coefficient (Wildman–Crippen LogP) is 2.86. The summed E-state index contributed by atoms with van der Waals surface area (Å²) in [7, 11) is 0. The molecule has 0 saturated carbocycles. The van der Waals surface area contributed by atoms with Crippen molar-refractivity contribution in [3.8, 4) is 0 Å². The summed E-state index contributed by atoms with van der Waals surface area (Å²) in [6, 6.07) is 20.3. The van der Waals surface area contributed by atoms with Crippen LogP contribution in [0.2, 0.25) is 0 Å². The zero-order chi connectivity index (χ0) is 14.7. The van der Waals surface area contributed by atoms with E-state index in [-0.39, 0.29) is 18.0 Å². The van der Waals surface area contributed by atoms with Crippen molar-refractivity contribution in [3.63, 3.8) is 0 Å². The highest BCUT2D eigenvalue weighted by Crippen LogP contribution is 2.21. The van der Waals surface area contributed by atoms with E-state index < -0.39 is 0 Å². The number of hydrogen-bond donors (Lipinski definition) is 1. The summed E-state index contributed by atoms with van der Waals surface area (Å²) >= 11 is 0. The minimum atomic E-state index is 0.116. The van der Waals surface area contributed by atoms with Crippen LogP contribution in [0, 0.1) is 0 Å². The third kappa shape index (κ3) is 2.98. The molecular weight excluding hydrogens is 260 g/mol. The van der Waals surface area contributed by atoms with Gasteiger partial charge in [-0.3, -0.25) is 4.79 Å². The number of hydrogen-bond acceptors (Lipinski definition) is 2. The van der Waals surface area contributed by atoms with Crippen LogP contribution in [0.1, 0.15) is 28.9 Å². The fourth-order valence-electron chi connectivity index (χ4n) is 2.80. The number of benzene rings is 2. The van der Waals surface area contributed by atoms with E-state index in [1.165, 1.54) is 5.56 Å². The van der Waals surface area contributed by atoms with Gasteiger partial charge in [0.25, 0.3) is 5.91 Å². The molecule has 1 saturated heterocycles. The van der Waals surface area contributed by atoms with Crippen molar-refractivity contribution in [1.29, 1.82) is 0 Å². The first-order chi connectivity index (χ1) is 10.3. The van der Waals surface area contributed by atoms with Crippen LogP contribution in [-0.4, -0.2) is 29.9 Å². The Hall–Kier alpha value is -2.13. The molecule has 1 N–H and O–H groups in total. The summed E-state index contributed by atoms with van der Waals surface area (Å²) in [5.74, 6) is 0.116. The van der Waals surface area contributed by atoms with Crippen molar-refractivity contribution in [1.82, 2.24) is 10.2 Å². The van der Waals surface area contributed by atoms with Gasteiger partial charge in [-0.2, -0.15) is 0 Å². The summed E-state index contributed by atoms with van der Waals surface area (Å²) in [6.45, 7) is 3.62. The van der Waals surface area contributed by atoms with Gasteiger partial charge in [-0.15, -0.1) is 0 Å². The number of carbonyl (C=O) groups is 1. The van der Waals surface area contributed by atoms with Gasteiger partial charge < -0.3 is 10.2 Å². The van der Waals surface area contributed by atoms with E-state index in [4.69, 9.17) is 0 Å². The first-order valence-electron chi connectivity index (χ1n) is 7.40. The van der Waals surface area contributed by atoms with Crippen molar-refractivity contribution in [3.05, 3.63) is 71.8 Å². The molecule has 108 valence electrons. The molecule has 0 aliphatic carbocycles. The molecule has 1 heterocycles. The molecule has 3 heteroatoms. The van der Waals surface area contributed by atoms with Gasteiger partial charge in [-0.25, -0.2) is 0 Å². The SMILES string of the molecule is CC1CNC(c2ccccc2)CN1C(=O)c1ccccc1. The largest absolute Gasteiger partial charge is 0.333 e. The summed E-state index contributed by atoms with van der Waals surface area (Å²) in [6.07, 6.45) is 0. The lowest BCUT2D eigenvalue weighted by Crippen LogP contribution is -2.53. The highest BCUT2D eigenvalue weighted by molar-refractivity contribution is 5.94. The summed E-state index contributed by atoms with van der Waals surface area (Å²) in [4.78, 5) is 14.7. The van der Waals surface area contributed by atoms with Crippen LogP contribution in [0.5, 0.6) is 0 Å². The number of nitrogens with zero attached hydrogens (tertiary/aromatic N) is 1. The molecule has 21 heavy (non-hydrogen) atoms. The third-order valence-electron chi connectivity index (χ3n) is 4.05. The lowest BCUT2D eigenvalue weighted by atomic mass is 10.0. The van der Waals surface area contributed by atoms with Crippen molar-refractivity contribution in [2.75, 3.05) is 13.1 Å². The average Bonchev–Trinajstić information content (AvgIpc) is 2.56. The van der Waals surface area contributed by atoms with Gasteiger partial charge in [-0.05, 0) is 24.6 Å². The first kappa shape index (κ1) is 13.8. The van der Waals surface area contributed by atoms with Crippen LogP contribution < -0.4 is 5.32 Å². The molecule has 2 unspecified atom stereocenters. The topological polar surface area (TPSA) is 32.3 Å². The van der Waals surface area contributed by atoms with Crippen molar-refractivity contribution < 1.29 is 4.79 Å². The Balaban J connectivity index is 1.79. The van der Waals surface area contributed by atoms with E-state index in [2.05, 4.69) is 24.4 Å². The van der Waals surface area contributed by atoms with E-state index in [0.717, 1.165) is 12.1 Å². The van der Waals surface area contributed by atoms with Gasteiger partial charge in [0.1, 0.15) is 0 Å². The Morgan fingerprint density at radius 2 is 1.67 bits per heavy atom. The van der Waals surface area contributed by atoms with E-state index >= 15 is 0 Å². The van der Waals surface area contributed by atoms with Crippen LogP contribution in [0.25, 0.3) is 0 Å². The summed E-state index contributed by atoms with van der Waals surface area (Å²) in [5, 5.41) is 3.53. The molecule has 1 amide bonds. The molecule has 2 aromatic carbocycles. The van der Waals surface area contributed by atoms with Crippen molar-refractivity contribution in [2.45, 2.75) is 19.0 Å². The van der Waals surface area contributed by atoms with E-state index in [1.807, 2.05) is 53.4 Å². The summed E-state index contributed by atoms with van der Waals surface area (Å²) < 4.78 is 0. The first-order valence-corrected chi connectivity index (χ1v) is 7.40. The van der Waals surface area contributed by atoms with Crippen LogP contribution >= 0.6 is 0 Å². The normalized spacial score (nSPS) is 22.0. The van der Waals surface area contributed by atoms with Crippen LogP contribution in [0.15, 0.2) is 60.7 Å². The molecule has 2 aromatic rings. The molecule has 0 radical (unpaired) electrons. The second-order valence-corrected chi connectivity index (χ2v) is 5.54. The fourth-order valence-corrected chi connectivity index (χ4v) is 2.80. The highest BCUT2D eigenvalue weighted by atomic mass is 16.2. The Kier molecular flexibility index (Phi) is 4.02. The summed E-state index contributed by atoms with van der Waals surface area (Å²) in [5.41, 5.74) is 1.99. The van der Waals surface area contributed by atoms with Crippen LogP contribution in [0.4, 0.5) is 0 Å². The van der Waals surface area contributed by atoms with Gasteiger partial charge >= 0.3 is 0 Å². The molecule has 3 rings (SSSR count). The lowest BCUT2D eigenvalue weighted by molar-refractivity contribution is 0.0607. The molecule has 0 aromatic heterocycles. The maximum absolute atomic E-state index is 12.7. The standard InChI is InChI=1S/C18H20N2O/c1-14-12-19-17(15-8-4-2-5-9-15)13-20(14)18(21)16-10-6-3-7-11-16/h2-11,14,17,19H,12-13H2,1H3. The Labute approximate surface area is 125 Å². The van der Waals surface area contributed by atoms with Gasteiger partial charge in [0, 0.05) is 30.7 Å². The molecule has 1 aliphatic rings. The molecule has 3 nitrogen and oxygen atoms in total. The van der Waals surface area contributed by atoms with Crippen molar-refractivity contribution >= 4 is 5.91 Å². The minimum Gasteiger partial charge on any atom is -0.333 e. The van der Waals surface area contributed by atoms with Crippen molar-refractivity contribution in [2.24, 2.45) is 0 Å². The zero-order valence-electron chi connectivity index (χ0n) is 12.2. The van der Waals surface area contributed by atoms with E-state index in [1.54, 1.807) is 0 Å². The molecule has 1 aliphatic heterocycles. The molecule has 0 spiro atoms. The Morgan fingerprint density at radius 3 is 2.33 bits per heavy atom. The highest BCUT2D eigenvalue weighted by Gasteiger charge is 2.29. The lowest BCUT2D eigenvalue weighted by Gasteiger charge is -2.39. The third-order valence-corrected chi connectivity index (χ3v) is 4.05. The predicted molar refractivity (Wildman–Crippen MR) is 84.1 cm³/mol. The van der Waals surface area contributed by atoms with Gasteiger partial charge in [0.2, 0.25) is 0 Å². The maximum Gasteiger partial charge on any atom is 0.254 e. The van der Waals surface area contributed by atoms with E-state index in [0.29, 0.717) is 6.54 Å². The second kappa shape index (κ2) is 6.10. The molecule has 0 bridgehead atoms. The zero-order valence-corrected chi connectivity index (χ0v) is 12.2. The monoisotopic (exact) mass is 280 g/mol. The number of piperazine rings is 1. The van der Waals surface area contributed by atoms with Gasteiger partial charge in [0.05, 0.1) is 0 Å². The number of rotatable bonds is 2. The maximum atomic E-state index is 12.7. The van der Waals surface area contributed by atoms with Crippen LogP contribution in [0.3, 0.4) is 0 Å². The smallest absolute Gasteiger partial charge is 0.254 e. The van der Waals surface area contributed by atoms with Gasteiger partial charge in [0.15, 0.2) is 0 Å². The molecular formula is C18H20N2O. The molecule has 2 atom stereocenters. The van der Waals surface area contributed by atoms with E-state index in [9.17, 15) is 4.79 Å². The van der Waals surface area contributed by atoms with Gasteiger partial charge in [-0.1, -0.05) is 48.5 Å². The van der Waals surface area contributed by atoms with Crippen LogP contribution in [-0.2, 0) is 0 Å². The second-order valence-electron chi connectivity index (χ2n) is 5.54. The Morgan fingerprint density at radius 1 is 1.05 bits per heavy atom. The number of amides is 1. The average molecular weight is 280 g/mol. The quantitative estimate of drug-likeness (QED) is 0.917. The number of carbonyl (C=O) groups excluding carboxylic acids is 1. The molecule has 1 fully saturated rings. The Bertz CT molecular complexity index is 597. The minimum absolute atomic E-state index is 0.116. The fraction of sp³-hybridized carbons (Fsp3) is 0.278. The number of nitrogens with one attached hydrogen (secondary N) is 1.